The van der Waals surface area contributed by atoms with Gasteiger partial charge in [0.1, 0.15) is 0 Å². The predicted molar refractivity (Wildman–Crippen MR) is 74.2 cm³/mol. The number of aliphatic hydroxyl groups is 1. The number of nitrogens with one attached hydrogen (secondary N) is 2. The standard InChI is InChI=1S/C14H22N2O3/c1-12-2-4-13(5-3-12)6-7-15-14(18)16-8-10-19-11-9-17/h2-5,17H,6-11H2,1H3,(H2,15,16,18). The van der Waals surface area contributed by atoms with Crippen LogP contribution in [0.4, 0.5) is 4.79 Å². The predicted octanol–water partition coefficient (Wildman–Crippen LogP) is 0.846. The third kappa shape index (κ3) is 7.43. The van der Waals surface area contributed by atoms with Crippen molar-refractivity contribution in [1.82, 2.24) is 10.6 Å². The van der Waals surface area contributed by atoms with Crippen LogP contribution in [0.25, 0.3) is 0 Å². The third-order valence-electron chi connectivity index (χ3n) is 2.59. The molecule has 0 saturated heterocycles. The van der Waals surface area contributed by atoms with Gasteiger partial charge in [-0.25, -0.2) is 4.79 Å². The maximum Gasteiger partial charge on any atom is 0.314 e. The first-order chi connectivity index (χ1) is 9.22. The van der Waals surface area contributed by atoms with Gasteiger partial charge in [0.25, 0.3) is 0 Å². The fourth-order valence-corrected chi connectivity index (χ4v) is 1.54. The minimum absolute atomic E-state index is 0.00272. The maximum absolute atomic E-state index is 11.4. The zero-order chi connectivity index (χ0) is 13.9. The molecule has 0 spiro atoms. The van der Waals surface area contributed by atoms with Crippen LogP contribution < -0.4 is 10.6 Å². The molecule has 0 aliphatic carbocycles. The van der Waals surface area contributed by atoms with E-state index in [1.165, 1.54) is 11.1 Å². The van der Waals surface area contributed by atoms with Crippen molar-refractivity contribution in [2.24, 2.45) is 0 Å². The van der Waals surface area contributed by atoms with E-state index >= 15 is 0 Å². The molecule has 5 nitrogen and oxygen atoms in total. The molecule has 2 amide bonds. The summed E-state index contributed by atoms with van der Waals surface area (Å²) in [7, 11) is 0. The number of ether oxygens (including phenoxy) is 1. The molecule has 5 heteroatoms. The van der Waals surface area contributed by atoms with Crippen molar-refractivity contribution in [3.8, 4) is 0 Å². The second-order valence-corrected chi connectivity index (χ2v) is 4.25. The molecule has 0 fully saturated rings. The molecule has 0 aromatic heterocycles. The Morgan fingerprint density at radius 2 is 1.84 bits per heavy atom. The van der Waals surface area contributed by atoms with E-state index in [4.69, 9.17) is 9.84 Å². The van der Waals surface area contributed by atoms with Gasteiger partial charge in [0.2, 0.25) is 0 Å². The van der Waals surface area contributed by atoms with Crippen molar-refractivity contribution in [3.63, 3.8) is 0 Å². The average molecular weight is 266 g/mol. The van der Waals surface area contributed by atoms with Gasteiger partial charge in [-0.15, -0.1) is 0 Å². The molecule has 0 unspecified atom stereocenters. The number of amides is 2. The first-order valence-electron chi connectivity index (χ1n) is 6.48. The van der Waals surface area contributed by atoms with E-state index in [-0.39, 0.29) is 12.6 Å². The minimum atomic E-state index is -0.195. The lowest BCUT2D eigenvalue weighted by molar-refractivity contribution is 0.0947. The Bertz CT molecular complexity index is 365. The third-order valence-corrected chi connectivity index (χ3v) is 2.59. The summed E-state index contributed by atoms with van der Waals surface area (Å²) in [6.07, 6.45) is 0.814. The molecule has 0 bridgehead atoms. The minimum Gasteiger partial charge on any atom is -0.394 e. The second-order valence-electron chi connectivity index (χ2n) is 4.25. The van der Waals surface area contributed by atoms with Gasteiger partial charge in [-0.05, 0) is 18.9 Å². The van der Waals surface area contributed by atoms with E-state index in [2.05, 4.69) is 34.9 Å². The molecule has 0 aliphatic rings. The molecule has 0 radical (unpaired) electrons. The van der Waals surface area contributed by atoms with Crippen molar-refractivity contribution in [2.45, 2.75) is 13.3 Å². The molecule has 0 saturated carbocycles. The topological polar surface area (TPSA) is 70.6 Å². The highest BCUT2D eigenvalue weighted by Crippen LogP contribution is 2.02. The SMILES string of the molecule is Cc1ccc(CCNC(=O)NCCOCCO)cc1. The largest absolute Gasteiger partial charge is 0.394 e. The first-order valence-corrected chi connectivity index (χ1v) is 6.48. The quantitative estimate of drug-likeness (QED) is 0.611. The summed E-state index contributed by atoms with van der Waals surface area (Å²) in [5.74, 6) is 0. The van der Waals surface area contributed by atoms with Crippen molar-refractivity contribution in [2.75, 3.05) is 32.9 Å². The molecule has 1 rings (SSSR count). The van der Waals surface area contributed by atoms with Crippen LogP contribution in [0.1, 0.15) is 11.1 Å². The molecule has 1 aromatic carbocycles. The lowest BCUT2D eigenvalue weighted by atomic mass is 10.1. The summed E-state index contributed by atoms with van der Waals surface area (Å²) in [6.45, 7) is 3.81. The van der Waals surface area contributed by atoms with Crippen LogP contribution in [-0.2, 0) is 11.2 Å². The Balaban J connectivity index is 2.05. The Kier molecular flexibility index (Phi) is 7.62. The second kappa shape index (κ2) is 9.35. The zero-order valence-corrected chi connectivity index (χ0v) is 11.3. The van der Waals surface area contributed by atoms with Crippen molar-refractivity contribution in [1.29, 1.82) is 0 Å². The number of urea groups is 1. The molecule has 3 N–H and O–H groups in total. The monoisotopic (exact) mass is 266 g/mol. The smallest absolute Gasteiger partial charge is 0.314 e. The number of carbonyl (C=O) groups excluding carboxylic acids is 1. The van der Waals surface area contributed by atoms with Crippen LogP contribution in [0.15, 0.2) is 24.3 Å². The van der Waals surface area contributed by atoms with Crippen LogP contribution in [0.2, 0.25) is 0 Å². The maximum atomic E-state index is 11.4. The Morgan fingerprint density at radius 1 is 1.16 bits per heavy atom. The summed E-state index contributed by atoms with van der Waals surface area (Å²) < 4.78 is 5.03. The highest BCUT2D eigenvalue weighted by atomic mass is 16.5. The average Bonchev–Trinajstić information content (AvgIpc) is 2.41. The summed E-state index contributed by atoms with van der Waals surface area (Å²) >= 11 is 0. The number of aryl methyl sites for hydroxylation is 1. The lowest BCUT2D eigenvalue weighted by Crippen LogP contribution is -2.38. The van der Waals surface area contributed by atoms with Crippen LogP contribution in [-0.4, -0.2) is 44.0 Å². The van der Waals surface area contributed by atoms with Crippen molar-refractivity contribution < 1.29 is 14.6 Å². The fourth-order valence-electron chi connectivity index (χ4n) is 1.54. The summed E-state index contributed by atoms with van der Waals surface area (Å²) in [4.78, 5) is 11.4. The number of benzene rings is 1. The van der Waals surface area contributed by atoms with Gasteiger partial charge in [-0.1, -0.05) is 29.8 Å². The van der Waals surface area contributed by atoms with Gasteiger partial charge < -0.3 is 20.5 Å². The van der Waals surface area contributed by atoms with Crippen LogP contribution in [0.5, 0.6) is 0 Å². The van der Waals surface area contributed by atoms with E-state index < -0.39 is 0 Å². The van der Waals surface area contributed by atoms with Gasteiger partial charge in [0.05, 0.1) is 19.8 Å². The molecule has 1 aromatic rings. The van der Waals surface area contributed by atoms with Gasteiger partial charge in [-0.3, -0.25) is 0 Å². The summed E-state index contributed by atoms with van der Waals surface area (Å²) in [5, 5.41) is 14.0. The van der Waals surface area contributed by atoms with Crippen molar-refractivity contribution >= 4 is 6.03 Å². The normalized spacial score (nSPS) is 10.2. The highest BCUT2D eigenvalue weighted by molar-refractivity contribution is 5.73. The molecule has 0 atom stereocenters. The Hall–Kier alpha value is -1.59. The molecule has 19 heavy (non-hydrogen) atoms. The number of hydrogen-bond donors (Lipinski definition) is 3. The number of hydrogen-bond acceptors (Lipinski definition) is 3. The van der Waals surface area contributed by atoms with E-state index in [9.17, 15) is 4.79 Å². The molecule has 0 aliphatic heterocycles. The molecular weight excluding hydrogens is 244 g/mol. The summed E-state index contributed by atoms with van der Waals surface area (Å²) in [5.41, 5.74) is 2.44. The van der Waals surface area contributed by atoms with Crippen LogP contribution in [0, 0.1) is 6.92 Å². The van der Waals surface area contributed by atoms with E-state index in [1.54, 1.807) is 0 Å². The first kappa shape index (κ1) is 15.5. The van der Waals surface area contributed by atoms with Crippen molar-refractivity contribution in [3.05, 3.63) is 35.4 Å². The fraction of sp³-hybridized carbons (Fsp3) is 0.500. The Labute approximate surface area is 114 Å². The Morgan fingerprint density at radius 3 is 2.53 bits per heavy atom. The molecule has 0 heterocycles. The van der Waals surface area contributed by atoms with Gasteiger partial charge >= 0.3 is 6.03 Å². The van der Waals surface area contributed by atoms with Gasteiger partial charge in [0.15, 0.2) is 0 Å². The molecular formula is C14H22N2O3. The van der Waals surface area contributed by atoms with Crippen LogP contribution >= 0.6 is 0 Å². The van der Waals surface area contributed by atoms with Gasteiger partial charge in [-0.2, -0.15) is 0 Å². The number of rotatable bonds is 8. The summed E-state index contributed by atoms with van der Waals surface area (Å²) in [6, 6.07) is 8.07. The van der Waals surface area contributed by atoms with E-state index in [0.717, 1.165) is 6.42 Å². The van der Waals surface area contributed by atoms with E-state index in [1.807, 2.05) is 6.92 Å². The molecule has 106 valence electrons. The lowest BCUT2D eigenvalue weighted by Gasteiger charge is -2.08. The highest BCUT2D eigenvalue weighted by Gasteiger charge is 1.99. The van der Waals surface area contributed by atoms with E-state index in [0.29, 0.717) is 26.3 Å². The number of carbonyl (C=O) groups is 1. The zero-order valence-electron chi connectivity index (χ0n) is 11.3. The van der Waals surface area contributed by atoms with Gasteiger partial charge in [0, 0.05) is 13.1 Å². The number of aliphatic hydroxyl groups excluding tert-OH is 1. The van der Waals surface area contributed by atoms with Crippen LogP contribution in [0.3, 0.4) is 0 Å².